The molecular weight excluding hydrogens is 973 g/mol. The maximum Gasteiger partial charge on any atom is 0.263 e. The average Bonchev–Trinajstić information content (AvgIpc) is 3.64. The zero-order valence-corrected chi connectivity index (χ0v) is 41.3. The molecule has 3 fully saturated rings. The van der Waals surface area contributed by atoms with Gasteiger partial charge in [0.05, 0.1) is 67.0 Å². The van der Waals surface area contributed by atoms with E-state index in [1.165, 1.54) is 36.3 Å². The summed E-state index contributed by atoms with van der Waals surface area (Å²) in [5, 5.41) is 8.77. The topological polar surface area (TPSA) is 214 Å². The van der Waals surface area contributed by atoms with E-state index in [9.17, 15) is 33.2 Å². The monoisotopic (exact) mass is 1030 g/mol. The third-order valence-electron chi connectivity index (χ3n) is 12.9. The SMILES string of the molecule is C=CC(=O)Nc1cc2c(Nc3ccc(F)c(Cl)c3)ncnc2cc1OCCCN1CCC(N2CCN(C(=O)COCCOCCOCCSc3cccc4c3C(=O)N(C3CCC(=O)NC3=O)C4=O)CC2)CC1. The van der Waals surface area contributed by atoms with E-state index in [-0.39, 0.29) is 48.1 Å². The molecule has 382 valence electrons. The van der Waals surface area contributed by atoms with Gasteiger partial charge in [-0.25, -0.2) is 14.4 Å². The number of likely N-dealkylation sites (tertiary alicyclic amines) is 1. The molecule has 8 rings (SSSR count). The molecule has 4 aliphatic rings. The van der Waals surface area contributed by atoms with Crippen LogP contribution in [0.2, 0.25) is 5.02 Å². The summed E-state index contributed by atoms with van der Waals surface area (Å²) < 4.78 is 36.9. The summed E-state index contributed by atoms with van der Waals surface area (Å²) in [6.45, 7) is 11.4. The molecule has 22 heteroatoms. The van der Waals surface area contributed by atoms with Crippen molar-refractivity contribution < 1.29 is 52.1 Å². The summed E-state index contributed by atoms with van der Waals surface area (Å²) in [4.78, 5) is 92.8. The number of benzene rings is 3. The first-order valence-corrected chi connectivity index (χ1v) is 25.4. The van der Waals surface area contributed by atoms with E-state index in [0.717, 1.165) is 56.9 Å². The van der Waals surface area contributed by atoms with Crippen molar-refractivity contribution in [2.45, 2.75) is 49.1 Å². The van der Waals surface area contributed by atoms with Crippen molar-refractivity contribution in [3.8, 4) is 5.75 Å². The summed E-state index contributed by atoms with van der Waals surface area (Å²) in [5.41, 5.74) is 2.06. The van der Waals surface area contributed by atoms with Crippen molar-refractivity contribution in [1.29, 1.82) is 0 Å². The molecule has 3 aromatic carbocycles. The maximum absolute atomic E-state index is 13.8. The number of hydrogen-bond acceptors (Lipinski definition) is 16. The normalized spacial score (nSPS) is 17.8. The first kappa shape index (κ1) is 52.3. The Morgan fingerprint density at radius 1 is 0.889 bits per heavy atom. The van der Waals surface area contributed by atoms with Gasteiger partial charge in [0.2, 0.25) is 23.6 Å². The molecule has 1 atom stereocenters. The van der Waals surface area contributed by atoms with Gasteiger partial charge in [-0.3, -0.25) is 43.9 Å². The van der Waals surface area contributed by atoms with Crippen molar-refractivity contribution in [3.63, 3.8) is 0 Å². The molecule has 5 heterocycles. The van der Waals surface area contributed by atoms with Crippen molar-refractivity contribution in [1.82, 2.24) is 34.9 Å². The Morgan fingerprint density at radius 3 is 2.40 bits per heavy atom. The molecule has 0 saturated carbocycles. The number of amides is 6. The van der Waals surface area contributed by atoms with Gasteiger partial charge in [-0.15, -0.1) is 11.8 Å². The van der Waals surface area contributed by atoms with Gasteiger partial charge in [0.1, 0.15) is 36.4 Å². The number of piperazine rings is 1. The summed E-state index contributed by atoms with van der Waals surface area (Å²) in [5.74, 6) is -1.68. The second-order valence-electron chi connectivity index (χ2n) is 17.5. The fraction of sp³-hybridized carbons (Fsp3) is 0.440. The van der Waals surface area contributed by atoms with Crippen LogP contribution >= 0.6 is 23.4 Å². The van der Waals surface area contributed by atoms with Crippen molar-refractivity contribution in [3.05, 3.63) is 89.5 Å². The molecule has 0 radical (unpaired) electrons. The standard InChI is InChI=1S/C50H57ClFN9O10S/c1-2-43(62)56-39-28-35-38(53-31-54-47(35)55-32-7-8-37(52)36(51)27-32)29-41(39)71-20-4-13-58-14-11-33(12-15-58)59-16-18-60(19-17-59)45(64)30-70-24-23-68-21-22-69-25-26-72-42-6-3-5-34-46(42)50(67)61(49(34)66)40-9-10-44(63)57-48(40)65/h2-3,5-8,27-29,31,33,40H,1,4,9-26,30H2,(H,56,62)(H,53,54,55)(H,57,63,65). The van der Waals surface area contributed by atoms with E-state index in [1.54, 1.807) is 36.4 Å². The van der Waals surface area contributed by atoms with Crippen LogP contribution in [0.15, 0.2) is 72.4 Å². The minimum atomic E-state index is -1.01. The second kappa shape index (κ2) is 25.0. The number of hydrogen-bond donors (Lipinski definition) is 3. The van der Waals surface area contributed by atoms with Crippen LogP contribution in [0, 0.1) is 5.82 Å². The largest absolute Gasteiger partial charge is 0.491 e. The first-order valence-electron chi connectivity index (χ1n) is 24.0. The fourth-order valence-corrected chi connectivity index (χ4v) is 10.2. The molecule has 4 aromatic rings. The van der Waals surface area contributed by atoms with E-state index in [0.29, 0.717) is 96.7 Å². The number of rotatable bonds is 23. The van der Waals surface area contributed by atoms with Crippen molar-refractivity contribution in [2.75, 3.05) is 108 Å². The van der Waals surface area contributed by atoms with Crippen LogP contribution in [0.25, 0.3) is 10.9 Å². The van der Waals surface area contributed by atoms with Crippen LogP contribution in [-0.2, 0) is 33.4 Å². The summed E-state index contributed by atoms with van der Waals surface area (Å²) in [6, 6.07) is 12.2. The van der Waals surface area contributed by atoms with Crippen LogP contribution in [0.4, 0.5) is 21.6 Å². The predicted molar refractivity (Wildman–Crippen MR) is 267 cm³/mol. The molecule has 3 saturated heterocycles. The lowest BCUT2D eigenvalue weighted by atomic mass is 10.0. The quantitative estimate of drug-likeness (QED) is 0.0390. The highest BCUT2D eigenvalue weighted by atomic mass is 35.5. The van der Waals surface area contributed by atoms with Crippen molar-refractivity contribution in [2.24, 2.45) is 0 Å². The van der Waals surface area contributed by atoms with Gasteiger partial charge in [-0.05, 0) is 81.2 Å². The summed E-state index contributed by atoms with van der Waals surface area (Å²) in [7, 11) is 0. The van der Waals surface area contributed by atoms with Crippen LogP contribution in [0.5, 0.6) is 5.75 Å². The molecule has 3 N–H and O–H groups in total. The zero-order valence-electron chi connectivity index (χ0n) is 39.7. The maximum atomic E-state index is 13.8. The lowest BCUT2D eigenvalue weighted by Crippen LogP contribution is -2.54. The number of nitrogens with one attached hydrogen (secondary N) is 3. The van der Waals surface area contributed by atoms with Crippen LogP contribution < -0.4 is 20.7 Å². The Labute approximate surface area is 425 Å². The molecule has 72 heavy (non-hydrogen) atoms. The lowest BCUT2D eigenvalue weighted by molar-refractivity contribution is -0.139. The van der Waals surface area contributed by atoms with E-state index in [1.807, 2.05) is 4.90 Å². The van der Waals surface area contributed by atoms with Crippen molar-refractivity contribution >= 4 is 86.9 Å². The number of halogens is 2. The lowest BCUT2D eigenvalue weighted by Gasteiger charge is -2.42. The van der Waals surface area contributed by atoms with E-state index in [4.69, 9.17) is 30.5 Å². The Kier molecular flexibility index (Phi) is 18.2. The number of thioether (sulfide) groups is 1. The van der Waals surface area contributed by atoms with E-state index >= 15 is 0 Å². The van der Waals surface area contributed by atoms with Gasteiger partial charge in [0.25, 0.3) is 11.8 Å². The number of nitrogens with zero attached hydrogens (tertiary/aromatic N) is 6. The highest BCUT2D eigenvalue weighted by molar-refractivity contribution is 7.99. The third kappa shape index (κ3) is 13.1. The third-order valence-corrected chi connectivity index (χ3v) is 14.2. The molecule has 19 nitrogen and oxygen atoms in total. The molecule has 0 spiro atoms. The number of imide groups is 2. The van der Waals surface area contributed by atoms with Gasteiger partial charge in [-0.2, -0.15) is 0 Å². The van der Waals surface area contributed by atoms with Crippen LogP contribution in [-0.4, -0.2) is 175 Å². The second-order valence-corrected chi connectivity index (χ2v) is 19.0. The molecule has 6 amide bonds. The average molecular weight is 1030 g/mol. The fourth-order valence-electron chi connectivity index (χ4n) is 9.12. The first-order chi connectivity index (χ1) is 35.0. The highest BCUT2D eigenvalue weighted by Crippen LogP contribution is 2.36. The number of anilines is 3. The number of carbonyl (C=O) groups excluding carboxylic acids is 6. The molecule has 1 aromatic heterocycles. The summed E-state index contributed by atoms with van der Waals surface area (Å²) in [6.07, 6.45) is 5.61. The number of ether oxygens (including phenoxy) is 4. The Balaban J connectivity index is 0.662. The molecule has 0 aliphatic carbocycles. The van der Waals surface area contributed by atoms with Crippen LogP contribution in [0.1, 0.15) is 52.8 Å². The number of carbonyl (C=O) groups is 6. The molecule has 1 unspecified atom stereocenters. The number of fused-ring (bicyclic) bond motifs is 2. The molecule has 0 bridgehead atoms. The van der Waals surface area contributed by atoms with Gasteiger partial charge in [-0.1, -0.05) is 24.2 Å². The minimum Gasteiger partial charge on any atom is -0.491 e. The molecule has 4 aliphatic heterocycles. The Bertz CT molecular complexity index is 2670. The Morgan fingerprint density at radius 2 is 1.65 bits per heavy atom. The van der Waals surface area contributed by atoms with Gasteiger partial charge in [0.15, 0.2) is 0 Å². The zero-order chi connectivity index (χ0) is 50.6. The highest BCUT2D eigenvalue weighted by Gasteiger charge is 2.45. The van der Waals surface area contributed by atoms with Crippen LogP contribution in [0.3, 0.4) is 0 Å². The number of aromatic nitrogens is 2. The minimum absolute atomic E-state index is 0.00486. The molecular formula is C50H57ClFN9O10S. The van der Waals surface area contributed by atoms with Gasteiger partial charge < -0.3 is 39.4 Å². The predicted octanol–water partition coefficient (Wildman–Crippen LogP) is 4.91. The Hall–Kier alpha value is -6.07. The number of piperidine rings is 2. The van der Waals surface area contributed by atoms with E-state index in [2.05, 4.69) is 42.3 Å². The van der Waals surface area contributed by atoms with Gasteiger partial charge in [0, 0.05) is 73.0 Å². The van der Waals surface area contributed by atoms with E-state index < -0.39 is 41.4 Å². The van der Waals surface area contributed by atoms with Gasteiger partial charge >= 0.3 is 0 Å². The summed E-state index contributed by atoms with van der Waals surface area (Å²) >= 11 is 7.36. The smallest absolute Gasteiger partial charge is 0.263 e.